The minimum Gasteiger partial charge on any atom is -0.335 e. The molecule has 9 heteroatoms. The number of hydrogen-bond acceptors (Lipinski definition) is 5. The van der Waals surface area contributed by atoms with Crippen molar-refractivity contribution in [2.75, 3.05) is 16.9 Å². The molecule has 0 unspecified atom stereocenters. The maximum Gasteiger partial charge on any atom is 0.234 e. The van der Waals surface area contributed by atoms with Gasteiger partial charge in [0.2, 0.25) is 11.1 Å². The average molecular weight is 408 g/mol. The number of hydrogen-bond donors (Lipinski definition) is 2. The molecule has 3 rings (SSSR count). The van der Waals surface area contributed by atoms with E-state index in [1.807, 2.05) is 6.92 Å². The molecule has 3 aromatic rings. The van der Waals surface area contributed by atoms with Gasteiger partial charge in [0.05, 0.1) is 5.75 Å². The molecule has 0 radical (unpaired) electrons. The summed E-state index contributed by atoms with van der Waals surface area (Å²) < 4.78 is 1.35. The van der Waals surface area contributed by atoms with E-state index in [1.54, 1.807) is 42.5 Å². The molecule has 0 spiro atoms. The number of anilines is 1. The fraction of sp³-hybridized carbons (Fsp3) is 0.118. The molecule has 1 amide bonds. The Morgan fingerprint density at radius 1 is 1.19 bits per heavy atom. The lowest BCUT2D eigenvalue weighted by atomic mass is 10.2. The topological polar surface area (TPSA) is 85.8 Å². The first-order valence-corrected chi connectivity index (χ1v) is 9.34. The van der Waals surface area contributed by atoms with Crippen molar-refractivity contribution in [2.24, 2.45) is 0 Å². The number of nitrogen functional groups attached to an aromatic ring is 1. The van der Waals surface area contributed by atoms with Gasteiger partial charge in [0.25, 0.3) is 0 Å². The van der Waals surface area contributed by atoms with Crippen LogP contribution in [0.4, 0.5) is 5.69 Å². The zero-order chi connectivity index (χ0) is 18.7. The minimum atomic E-state index is -0.184. The number of nitrogens with one attached hydrogen (secondary N) is 1. The lowest BCUT2D eigenvalue weighted by Crippen LogP contribution is -2.17. The maximum atomic E-state index is 12.2. The Morgan fingerprint density at radius 2 is 1.92 bits per heavy atom. The summed E-state index contributed by atoms with van der Waals surface area (Å²) in [7, 11) is 0. The standard InChI is InChI=1S/C17H15Cl2N5OS/c1-10-13(19)3-2-4-14(10)21-15(25)9-26-17-23-22-16(24(17)20)11-5-7-12(18)8-6-11/h2-8H,9,20H2,1H3,(H,21,25). The number of rotatable bonds is 5. The number of carbonyl (C=O) groups is 1. The number of nitrogens with two attached hydrogens (primary N) is 1. The van der Waals surface area contributed by atoms with Crippen molar-refractivity contribution in [3.05, 3.63) is 58.1 Å². The predicted molar refractivity (Wildman–Crippen MR) is 106 cm³/mol. The molecule has 0 saturated carbocycles. The van der Waals surface area contributed by atoms with Crippen LogP contribution in [0.15, 0.2) is 47.6 Å². The molecule has 3 N–H and O–H groups in total. The molecule has 0 atom stereocenters. The van der Waals surface area contributed by atoms with E-state index in [0.29, 0.717) is 26.7 Å². The fourth-order valence-electron chi connectivity index (χ4n) is 2.23. The van der Waals surface area contributed by atoms with E-state index in [2.05, 4.69) is 15.5 Å². The van der Waals surface area contributed by atoms with Crippen molar-refractivity contribution in [3.8, 4) is 11.4 Å². The molecule has 0 fully saturated rings. The summed E-state index contributed by atoms with van der Waals surface area (Å²) in [6.07, 6.45) is 0. The van der Waals surface area contributed by atoms with Crippen LogP contribution in [-0.2, 0) is 4.79 Å². The molecule has 26 heavy (non-hydrogen) atoms. The first-order valence-electron chi connectivity index (χ1n) is 7.60. The van der Waals surface area contributed by atoms with Gasteiger partial charge >= 0.3 is 0 Å². The minimum absolute atomic E-state index is 0.141. The largest absolute Gasteiger partial charge is 0.335 e. The Balaban J connectivity index is 1.66. The van der Waals surface area contributed by atoms with Crippen LogP contribution in [0, 0.1) is 6.92 Å². The Bertz CT molecular complexity index is 943. The van der Waals surface area contributed by atoms with Crippen LogP contribution in [0.2, 0.25) is 10.0 Å². The van der Waals surface area contributed by atoms with Gasteiger partial charge in [0.15, 0.2) is 5.82 Å². The highest BCUT2D eigenvalue weighted by Crippen LogP contribution is 2.25. The van der Waals surface area contributed by atoms with Crippen LogP contribution >= 0.6 is 35.0 Å². The molecule has 2 aromatic carbocycles. The third kappa shape index (κ3) is 4.12. The molecule has 134 valence electrons. The molecule has 1 heterocycles. The van der Waals surface area contributed by atoms with Gasteiger partial charge in [-0.3, -0.25) is 4.79 Å². The van der Waals surface area contributed by atoms with E-state index < -0.39 is 0 Å². The van der Waals surface area contributed by atoms with Gasteiger partial charge in [-0.25, -0.2) is 4.68 Å². The Kier molecular flexibility index (Phi) is 5.70. The van der Waals surface area contributed by atoms with Gasteiger partial charge in [0, 0.05) is 21.3 Å². The Labute approximate surface area is 164 Å². The molecule has 0 saturated heterocycles. The third-order valence-electron chi connectivity index (χ3n) is 3.64. The molecular formula is C17H15Cl2N5OS. The van der Waals surface area contributed by atoms with Crippen LogP contribution in [0.1, 0.15) is 5.56 Å². The van der Waals surface area contributed by atoms with E-state index in [9.17, 15) is 4.79 Å². The van der Waals surface area contributed by atoms with E-state index in [4.69, 9.17) is 29.0 Å². The van der Waals surface area contributed by atoms with Crippen LogP contribution in [-0.4, -0.2) is 26.5 Å². The van der Waals surface area contributed by atoms with Crippen molar-refractivity contribution >= 4 is 46.6 Å². The average Bonchev–Trinajstić information content (AvgIpc) is 2.99. The van der Waals surface area contributed by atoms with Gasteiger partial charge in [-0.2, -0.15) is 0 Å². The second-order valence-corrected chi connectivity index (χ2v) is 7.22. The lowest BCUT2D eigenvalue weighted by Gasteiger charge is -2.09. The summed E-state index contributed by atoms with van der Waals surface area (Å²) in [5.74, 6) is 6.50. The molecule has 0 aliphatic rings. The highest BCUT2D eigenvalue weighted by atomic mass is 35.5. The summed E-state index contributed by atoms with van der Waals surface area (Å²) >= 11 is 13.1. The zero-order valence-electron chi connectivity index (χ0n) is 13.7. The van der Waals surface area contributed by atoms with Gasteiger partial charge in [-0.05, 0) is 48.9 Å². The van der Waals surface area contributed by atoms with Crippen LogP contribution in [0.3, 0.4) is 0 Å². The second-order valence-electron chi connectivity index (χ2n) is 5.43. The number of nitrogens with zero attached hydrogens (tertiary/aromatic N) is 3. The number of halogens is 2. The quantitative estimate of drug-likeness (QED) is 0.492. The smallest absolute Gasteiger partial charge is 0.234 e. The molecule has 0 aliphatic heterocycles. The third-order valence-corrected chi connectivity index (χ3v) is 5.25. The van der Waals surface area contributed by atoms with Crippen molar-refractivity contribution in [2.45, 2.75) is 12.1 Å². The van der Waals surface area contributed by atoms with Gasteiger partial charge in [0.1, 0.15) is 0 Å². The zero-order valence-corrected chi connectivity index (χ0v) is 16.1. The lowest BCUT2D eigenvalue weighted by molar-refractivity contribution is -0.113. The molecule has 0 bridgehead atoms. The van der Waals surface area contributed by atoms with Crippen LogP contribution in [0.5, 0.6) is 0 Å². The van der Waals surface area contributed by atoms with Crippen LogP contribution in [0.25, 0.3) is 11.4 Å². The van der Waals surface area contributed by atoms with Crippen molar-refractivity contribution in [3.63, 3.8) is 0 Å². The summed E-state index contributed by atoms with van der Waals surface area (Å²) in [5, 5.41) is 12.6. The summed E-state index contributed by atoms with van der Waals surface area (Å²) in [5.41, 5.74) is 2.29. The van der Waals surface area contributed by atoms with Crippen molar-refractivity contribution in [1.82, 2.24) is 14.9 Å². The van der Waals surface area contributed by atoms with E-state index in [-0.39, 0.29) is 11.7 Å². The second kappa shape index (κ2) is 7.99. The molecule has 6 nitrogen and oxygen atoms in total. The van der Waals surface area contributed by atoms with Crippen LogP contribution < -0.4 is 11.2 Å². The number of amides is 1. The summed E-state index contributed by atoms with van der Waals surface area (Å²) in [4.78, 5) is 12.2. The predicted octanol–water partition coefficient (Wildman–Crippen LogP) is 4.00. The van der Waals surface area contributed by atoms with Gasteiger partial charge in [-0.15, -0.1) is 10.2 Å². The fourth-order valence-corrected chi connectivity index (χ4v) is 3.19. The normalized spacial score (nSPS) is 10.7. The highest BCUT2D eigenvalue weighted by Gasteiger charge is 2.14. The number of aromatic nitrogens is 3. The summed E-state index contributed by atoms with van der Waals surface area (Å²) in [6, 6.07) is 12.5. The van der Waals surface area contributed by atoms with E-state index >= 15 is 0 Å². The molecule has 0 aliphatic carbocycles. The molecule has 1 aromatic heterocycles. The van der Waals surface area contributed by atoms with Crippen molar-refractivity contribution < 1.29 is 4.79 Å². The number of thioether (sulfide) groups is 1. The summed E-state index contributed by atoms with van der Waals surface area (Å²) in [6.45, 7) is 1.85. The number of carbonyl (C=O) groups excluding carboxylic acids is 1. The van der Waals surface area contributed by atoms with E-state index in [1.165, 1.54) is 16.4 Å². The first-order chi connectivity index (χ1) is 12.5. The Morgan fingerprint density at radius 3 is 2.65 bits per heavy atom. The Hall–Kier alpha value is -2.22. The first kappa shape index (κ1) is 18.6. The van der Waals surface area contributed by atoms with Gasteiger partial charge < -0.3 is 11.2 Å². The van der Waals surface area contributed by atoms with Crippen molar-refractivity contribution in [1.29, 1.82) is 0 Å². The SMILES string of the molecule is Cc1c(Cl)cccc1NC(=O)CSc1nnc(-c2ccc(Cl)cc2)n1N. The maximum absolute atomic E-state index is 12.2. The monoisotopic (exact) mass is 407 g/mol. The van der Waals surface area contributed by atoms with Gasteiger partial charge in [-0.1, -0.05) is 41.0 Å². The van der Waals surface area contributed by atoms with E-state index in [0.717, 1.165) is 11.1 Å². The molecular weight excluding hydrogens is 393 g/mol. The highest BCUT2D eigenvalue weighted by molar-refractivity contribution is 7.99. The number of benzene rings is 2.